The van der Waals surface area contributed by atoms with Crippen LogP contribution in [0, 0.1) is 0 Å². The van der Waals surface area contributed by atoms with Gasteiger partial charge in [-0.05, 0) is 29.1 Å². The zero-order valence-corrected chi connectivity index (χ0v) is 10.4. The van der Waals surface area contributed by atoms with Gasteiger partial charge in [0.15, 0.2) is 0 Å². The molecule has 2 heteroatoms. The predicted molar refractivity (Wildman–Crippen MR) is 75.2 cm³/mol. The molecule has 0 unspecified atom stereocenters. The highest BCUT2D eigenvalue weighted by molar-refractivity contribution is 7.99. The molecule has 1 heterocycles. The van der Waals surface area contributed by atoms with Crippen molar-refractivity contribution in [2.24, 2.45) is 0 Å². The van der Waals surface area contributed by atoms with Gasteiger partial charge < -0.3 is 5.11 Å². The minimum atomic E-state index is 0.364. The van der Waals surface area contributed by atoms with E-state index in [0.29, 0.717) is 5.75 Å². The fourth-order valence-electron chi connectivity index (χ4n) is 2.57. The van der Waals surface area contributed by atoms with Crippen LogP contribution in [-0.2, 0) is 0 Å². The lowest BCUT2D eigenvalue weighted by Crippen LogP contribution is -1.92. The summed E-state index contributed by atoms with van der Waals surface area (Å²) in [6, 6.07) is 18.3. The largest absolute Gasteiger partial charge is 0.507 e. The highest BCUT2D eigenvalue weighted by atomic mass is 32.2. The van der Waals surface area contributed by atoms with Gasteiger partial charge in [0.25, 0.3) is 0 Å². The summed E-state index contributed by atoms with van der Waals surface area (Å²) in [6.45, 7) is 0. The van der Waals surface area contributed by atoms with Crippen LogP contribution in [0.2, 0.25) is 0 Å². The molecule has 1 aliphatic rings. The molecule has 0 atom stereocenters. The number of hydrogen-bond acceptors (Lipinski definition) is 2. The van der Waals surface area contributed by atoms with Gasteiger partial charge >= 0.3 is 0 Å². The van der Waals surface area contributed by atoms with E-state index >= 15 is 0 Å². The molecule has 18 heavy (non-hydrogen) atoms. The molecule has 1 nitrogen and oxygen atoms in total. The van der Waals surface area contributed by atoms with Crippen LogP contribution in [0.3, 0.4) is 0 Å². The Balaban J connectivity index is 2.25. The number of rotatable bonds is 0. The zero-order valence-electron chi connectivity index (χ0n) is 9.55. The number of hydrogen-bond donors (Lipinski definition) is 1. The lowest BCUT2D eigenvalue weighted by molar-refractivity contribution is 0.478. The SMILES string of the molecule is Oc1ccc2cccc3c2c1-c1ccccc1S3. The van der Waals surface area contributed by atoms with Crippen LogP contribution in [0.15, 0.2) is 64.4 Å². The van der Waals surface area contributed by atoms with Crippen molar-refractivity contribution < 1.29 is 5.11 Å². The fourth-order valence-corrected chi connectivity index (χ4v) is 3.71. The monoisotopic (exact) mass is 250 g/mol. The lowest BCUT2D eigenvalue weighted by atomic mass is 9.96. The van der Waals surface area contributed by atoms with Crippen molar-refractivity contribution in [2.45, 2.75) is 9.79 Å². The van der Waals surface area contributed by atoms with Gasteiger partial charge in [-0.3, -0.25) is 0 Å². The van der Waals surface area contributed by atoms with Crippen LogP contribution in [0.4, 0.5) is 0 Å². The molecule has 1 N–H and O–H groups in total. The molecular formula is C16H10OS. The Labute approximate surface area is 109 Å². The number of fused-ring (bicyclic) bond motifs is 2. The van der Waals surface area contributed by atoms with E-state index in [1.165, 1.54) is 20.6 Å². The second kappa shape index (κ2) is 3.53. The van der Waals surface area contributed by atoms with Gasteiger partial charge in [-0.2, -0.15) is 0 Å². The van der Waals surface area contributed by atoms with Crippen molar-refractivity contribution in [3.63, 3.8) is 0 Å². The quantitative estimate of drug-likeness (QED) is 0.489. The third-order valence-corrected chi connectivity index (χ3v) is 4.50. The van der Waals surface area contributed by atoms with Gasteiger partial charge in [-0.25, -0.2) is 0 Å². The first kappa shape index (κ1) is 10.0. The molecule has 0 aliphatic carbocycles. The maximum absolute atomic E-state index is 10.2. The summed E-state index contributed by atoms with van der Waals surface area (Å²) in [7, 11) is 0. The lowest BCUT2D eigenvalue weighted by Gasteiger charge is -2.20. The molecule has 0 saturated carbocycles. The average molecular weight is 250 g/mol. The maximum atomic E-state index is 10.2. The van der Waals surface area contributed by atoms with Crippen molar-refractivity contribution in [1.82, 2.24) is 0 Å². The van der Waals surface area contributed by atoms with E-state index in [-0.39, 0.29) is 0 Å². The van der Waals surface area contributed by atoms with Crippen LogP contribution in [0.1, 0.15) is 0 Å². The minimum absolute atomic E-state index is 0.364. The number of aromatic hydroxyl groups is 1. The first-order valence-electron chi connectivity index (χ1n) is 5.86. The number of phenols is 1. The van der Waals surface area contributed by atoms with Gasteiger partial charge in [-0.1, -0.05) is 48.2 Å². The average Bonchev–Trinajstić information content (AvgIpc) is 2.41. The van der Waals surface area contributed by atoms with Crippen LogP contribution in [0.5, 0.6) is 5.75 Å². The summed E-state index contributed by atoms with van der Waals surface area (Å²) in [6.07, 6.45) is 0. The molecular weight excluding hydrogens is 240 g/mol. The van der Waals surface area contributed by atoms with Crippen molar-refractivity contribution in [3.8, 4) is 16.9 Å². The highest BCUT2D eigenvalue weighted by Gasteiger charge is 2.20. The summed E-state index contributed by atoms with van der Waals surface area (Å²) >= 11 is 1.77. The van der Waals surface area contributed by atoms with Crippen molar-refractivity contribution in [3.05, 3.63) is 54.6 Å². The third-order valence-electron chi connectivity index (χ3n) is 3.36. The van der Waals surface area contributed by atoms with Crippen LogP contribution < -0.4 is 0 Å². The van der Waals surface area contributed by atoms with Gasteiger partial charge in [0.05, 0.1) is 0 Å². The van der Waals surface area contributed by atoms with Crippen LogP contribution >= 0.6 is 11.8 Å². The van der Waals surface area contributed by atoms with Crippen molar-refractivity contribution >= 4 is 22.5 Å². The normalized spacial score (nSPS) is 12.4. The summed E-state index contributed by atoms with van der Waals surface area (Å²) in [5, 5.41) is 12.6. The van der Waals surface area contributed by atoms with Gasteiger partial charge in [0.2, 0.25) is 0 Å². The van der Waals surface area contributed by atoms with E-state index < -0.39 is 0 Å². The summed E-state index contributed by atoms with van der Waals surface area (Å²) in [4.78, 5) is 2.43. The van der Waals surface area contributed by atoms with E-state index in [1.54, 1.807) is 17.8 Å². The smallest absolute Gasteiger partial charge is 0.124 e. The van der Waals surface area contributed by atoms with E-state index in [0.717, 1.165) is 11.1 Å². The standard InChI is InChI=1S/C16H10OS/c17-12-9-8-10-4-3-7-14-15(10)16(12)11-5-1-2-6-13(11)18-14/h1-9,17H. The molecule has 1 aliphatic heterocycles. The van der Waals surface area contributed by atoms with Crippen LogP contribution in [0.25, 0.3) is 21.9 Å². The molecule has 0 amide bonds. The Kier molecular flexibility index (Phi) is 1.97. The third kappa shape index (κ3) is 1.24. The first-order valence-corrected chi connectivity index (χ1v) is 6.68. The van der Waals surface area contributed by atoms with E-state index in [1.807, 2.05) is 18.2 Å². The maximum Gasteiger partial charge on any atom is 0.124 e. The highest BCUT2D eigenvalue weighted by Crippen LogP contribution is 2.50. The molecule has 0 radical (unpaired) electrons. The molecule has 0 spiro atoms. The summed E-state index contributed by atoms with van der Waals surface area (Å²) in [5.41, 5.74) is 2.10. The van der Waals surface area contributed by atoms with Gasteiger partial charge in [-0.15, -0.1) is 0 Å². The second-order valence-corrected chi connectivity index (χ2v) is 5.50. The molecule has 86 valence electrons. The van der Waals surface area contributed by atoms with E-state index in [9.17, 15) is 5.11 Å². The van der Waals surface area contributed by atoms with Gasteiger partial charge in [0, 0.05) is 20.7 Å². The second-order valence-electron chi connectivity index (χ2n) is 4.41. The molecule has 4 rings (SSSR count). The number of phenolic OH excluding ortho intramolecular Hbond substituents is 1. The van der Waals surface area contributed by atoms with Crippen LogP contribution in [-0.4, -0.2) is 5.11 Å². The minimum Gasteiger partial charge on any atom is -0.507 e. The molecule has 0 fully saturated rings. The van der Waals surface area contributed by atoms with Gasteiger partial charge in [0.1, 0.15) is 5.75 Å². The fraction of sp³-hybridized carbons (Fsp3) is 0. The summed E-state index contributed by atoms with van der Waals surface area (Å²) < 4.78 is 0. The predicted octanol–water partition coefficient (Wildman–Crippen LogP) is 4.68. The Morgan fingerprint density at radius 3 is 2.56 bits per heavy atom. The van der Waals surface area contributed by atoms with E-state index in [2.05, 4.69) is 30.3 Å². The molecule has 0 bridgehead atoms. The first-order chi connectivity index (χ1) is 8.84. The Bertz CT molecular complexity index is 777. The van der Waals surface area contributed by atoms with Crippen molar-refractivity contribution in [1.29, 1.82) is 0 Å². The zero-order chi connectivity index (χ0) is 12.1. The Morgan fingerprint density at radius 1 is 0.778 bits per heavy atom. The topological polar surface area (TPSA) is 20.2 Å². The molecule has 3 aromatic carbocycles. The van der Waals surface area contributed by atoms with Crippen molar-refractivity contribution in [2.75, 3.05) is 0 Å². The Morgan fingerprint density at radius 2 is 1.61 bits per heavy atom. The number of benzene rings is 3. The Hall–Kier alpha value is -1.93. The van der Waals surface area contributed by atoms with E-state index in [4.69, 9.17) is 0 Å². The molecule has 0 saturated heterocycles. The summed E-state index contributed by atoms with van der Waals surface area (Å²) in [5.74, 6) is 0.364. The molecule has 3 aromatic rings. The molecule has 0 aromatic heterocycles.